The Labute approximate surface area is 146 Å². The molecule has 2 aromatic carbocycles. The van der Waals surface area contributed by atoms with Crippen molar-refractivity contribution in [1.29, 1.82) is 5.26 Å². The van der Waals surface area contributed by atoms with Gasteiger partial charge in [0.05, 0.1) is 17.7 Å². The lowest BCUT2D eigenvalue weighted by molar-refractivity contribution is -0.114. The maximum absolute atomic E-state index is 14.4. The van der Waals surface area contributed by atoms with E-state index in [1.165, 1.54) is 6.92 Å². The zero-order chi connectivity index (χ0) is 18.4. The molecule has 0 bridgehead atoms. The molecule has 5 heteroatoms. The van der Waals surface area contributed by atoms with E-state index in [-0.39, 0.29) is 11.7 Å². The quantitative estimate of drug-likeness (QED) is 0.805. The van der Waals surface area contributed by atoms with Crippen molar-refractivity contribution in [1.82, 2.24) is 0 Å². The van der Waals surface area contributed by atoms with Gasteiger partial charge in [-0.05, 0) is 68.3 Å². The van der Waals surface area contributed by atoms with E-state index in [1.54, 1.807) is 48.5 Å². The minimum atomic E-state index is -0.891. The summed E-state index contributed by atoms with van der Waals surface area (Å²) in [6.07, 6.45) is 0.0487. The van der Waals surface area contributed by atoms with Crippen molar-refractivity contribution in [2.75, 3.05) is 5.32 Å². The van der Waals surface area contributed by atoms with Crippen LogP contribution in [0.1, 0.15) is 31.9 Å². The Kier molecular flexibility index (Phi) is 5.91. The van der Waals surface area contributed by atoms with Crippen LogP contribution in [0.5, 0.6) is 5.75 Å². The van der Waals surface area contributed by atoms with E-state index in [0.29, 0.717) is 22.6 Å². The van der Waals surface area contributed by atoms with Gasteiger partial charge in [0.1, 0.15) is 5.75 Å². The topological polar surface area (TPSA) is 62.1 Å². The van der Waals surface area contributed by atoms with Crippen LogP contribution in [0.25, 0.3) is 5.57 Å². The van der Waals surface area contributed by atoms with Gasteiger partial charge in [0.25, 0.3) is 5.91 Å². The average Bonchev–Trinajstić information content (AvgIpc) is 2.61. The van der Waals surface area contributed by atoms with Crippen molar-refractivity contribution in [3.63, 3.8) is 0 Å². The number of nitriles is 1. The van der Waals surface area contributed by atoms with Gasteiger partial charge in [-0.3, -0.25) is 4.79 Å². The van der Waals surface area contributed by atoms with E-state index in [1.807, 2.05) is 19.9 Å². The van der Waals surface area contributed by atoms with Crippen LogP contribution in [-0.2, 0) is 4.79 Å². The molecule has 4 nitrogen and oxygen atoms in total. The molecule has 2 aromatic rings. The van der Waals surface area contributed by atoms with Crippen LogP contribution in [0.2, 0.25) is 0 Å². The number of hydrogen-bond acceptors (Lipinski definition) is 3. The molecular weight excluding hydrogens is 319 g/mol. The first kappa shape index (κ1) is 18.2. The van der Waals surface area contributed by atoms with Crippen LogP contribution >= 0.6 is 0 Å². The summed E-state index contributed by atoms with van der Waals surface area (Å²) in [6.45, 7) is 5.34. The second-order valence-corrected chi connectivity index (χ2v) is 5.78. The van der Waals surface area contributed by atoms with Gasteiger partial charge in [0.15, 0.2) is 5.83 Å². The zero-order valence-corrected chi connectivity index (χ0v) is 14.3. The predicted octanol–water partition coefficient (Wildman–Crippen LogP) is 4.68. The van der Waals surface area contributed by atoms with E-state index in [2.05, 4.69) is 5.32 Å². The maximum Gasteiger partial charge on any atom is 0.284 e. The maximum atomic E-state index is 14.4. The lowest BCUT2D eigenvalue weighted by atomic mass is 10.0. The van der Waals surface area contributed by atoms with Crippen molar-refractivity contribution in [3.8, 4) is 11.8 Å². The van der Waals surface area contributed by atoms with Crippen molar-refractivity contribution in [3.05, 3.63) is 65.5 Å². The summed E-state index contributed by atoms with van der Waals surface area (Å²) in [5.41, 5.74) is 1.54. The van der Waals surface area contributed by atoms with E-state index >= 15 is 0 Å². The molecule has 0 spiro atoms. The standard InChI is InChI=1S/C20H19FN2O2/c1-13(2)25-18-9-7-17(8-10-18)23-20(24)19(21)14(3)16-6-4-5-15(11-16)12-22/h4-11,13H,1-3H3,(H,23,24). The van der Waals surface area contributed by atoms with Crippen LogP contribution in [0, 0.1) is 11.3 Å². The van der Waals surface area contributed by atoms with Crippen molar-refractivity contribution in [2.24, 2.45) is 0 Å². The third kappa shape index (κ3) is 4.92. The normalized spacial score (nSPS) is 11.5. The molecule has 0 unspecified atom stereocenters. The second-order valence-electron chi connectivity index (χ2n) is 5.78. The third-order valence-electron chi connectivity index (χ3n) is 3.44. The Morgan fingerprint density at radius 1 is 1.20 bits per heavy atom. The van der Waals surface area contributed by atoms with Gasteiger partial charge >= 0.3 is 0 Å². The fraction of sp³-hybridized carbons (Fsp3) is 0.200. The minimum absolute atomic E-state index is 0.0487. The molecule has 1 amide bonds. The first-order valence-corrected chi connectivity index (χ1v) is 7.85. The summed E-state index contributed by atoms with van der Waals surface area (Å²) in [7, 11) is 0. The van der Waals surface area contributed by atoms with Crippen molar-refractivity contribution >= 4 is 17.2 Å². The molecule has 0 aliphatic carbocycles. The first-order chi connectivity index (χ1) is 11.9. The molecule has 25 heavy (non-hydrogen) atoms. The molecule has 1 N–H and O–H groups in total. The highest BCUT2D eigenvalue weighted by Crippen LogP contribution is 2.22. The van der Waals surface area contributed by atoms with E-state index in [4.69, 9.17) is 10.00 Å². The average molecular weight is 338 g/mol. The smallest absolute Gasteiger partial charge is 0.284 e. The van der Waals surface area contributed by atoms with Gasteiger partial charge < -0.3 is 10.1 Å². The molecule has 0 saturated carbocycles. The van der Waals surface area contributed by atoms with E-state index in [0.717, 1.165) is 0 Å². The van der Waals surface area contributed by atoms with E-state index < -0.39 is 11.7 Å². The van der Waals surface area contributed by atoms with Gasteiger partial charge in [-0.1, -0.05) is 12.1 Å². The number of amides is 1. The monoisotopic (exact) mass is 338 g/mol. The highest BCUT2D eigenvalue weighted by atomic mass is 19.1. The van der Waals surface area contributed by atoms with E-state index in [9.17, 15) is 9.18 Å². The van der Waals surface area contributed by atoms with Crippen LogP contribution in [0.15, 0.2) is 54.4 Å². The lowest BCUT2D eigenvalue weighted by Crippen LogP contribution is -2.13. The fourth-order valence-corrected chi connectivity index (χ4v) is 2.19. The predicted molar refractivity (Wildman–Crippen MR) is 95.7 cm³/mol. The Bertz CT molecular complexity index is 834. The van der Waals surface area contributed by atoms with Gasteiger partial charge in [-0.15, -0.1) is 0 Å². The first-order valence-electron chi connectivity index (χ1n) is 7.85. The number of nitrogens with zero attached hydrogens (tertiary/aromatic N) is 1. The Balaban J connectivity index is 2.14. The summed E-state index contributed by atoms with van der Waals surface area (Å²) < 4.78 is 19.9. The van der Waals surface area contributed by atoms with Gasteiger partial charge in [-0.25, -0.2) is 4.39 Å². The highest BCUT2D eigenvalue weighted by molar-refractivity contribution is 6.06. The number of halogens is 1. The summed E-state index contributed by atoms with van der Waals surface area (Å²) in [5, 5.41) is 11.4. The van der Waals surface area contributed by atoms with Gasteiger partial charge in [0, 0.05) is 5.69 Å². The van der Waals surface area contributed by atoms with Crippen molar-refractivity contribution in [2.45, 2.75) is 26.9 Å². The van der Waals surface area contributed by atoms with Gasteiger partial charge in [-0.2, -0.15) is 5.26 Å². The molecule has 0 radical (unpaired) electrons. The number of nitrogens with one attached hydrogen (secondary N) is 1. The van der Waals surface area contributed by atoms with Gasteiger partial charge in [0.2, 0.25) is 0 Å². The molecule has 0 fully saturated rings. The SMILES string of the molecule is CC(=C(F)C(=O)Nc1ccc(OC(C)C)cc1)c1cccc(C#N)c1. The number of rotatable bonds is 5. The molecular formula is C20H19FN2O2. The molecule has 0 aliphatic rings. The van der Waals surface area contributed by atoms with Crippen LogP contribution < -0.4 is 10.1 Å². The second kappa shape index (κ2) is 8.11. The fourth-order valence-electron chi connectivity index (χ4n) is 2.19. The molecule has 0 aromatic heterocycles. The Morgan fingerprint density at radius 2 is 1.88 bits per heavy atom. The van der Waals surface area contributed by atoms with Crippen LogP contribution in [0.3, 0.4) is 0 Å². The number of anilines is 1. The summed E-state index contributed by atoms with van der Waals surface area (Å²) >= 11 is 0. The summed E-state index contributed by atoms with van der Waals surface area (Å²) in [6, 6.07) is 15.2. The summed E-state index contributed by atoms with van der Waals surface area (Å²) in [5.74, 6) is -1.05. The Morgan fingerprint density at radius 3 is 2.48 bits per heavy atom. The molecule has 0 saturated heterocycles. The summed E-state index contributed by atoms with van der Waals surface area (Å²) in [4.78, 5) is 12.1. The lowest BCUT2D eigenvalue weighted by Gasteiger charge is -2.11. The number of allylic oxidation sites excluding steroid dienone is 1. The number of ether oxygens (including phenoxy) is 1. The molecule has 0 atom stereocenters. The van der Waals surface area contributed by atoms with Crippen molar-refractivity contribution < 1.29 is 13.9 Å². The molecule has 0 aliphatic heterocycles. The number of benzene rings is 2. The Hall–Kier alpha value is -3.13. The highest BCUT2D eigenvalue weighted by Gasteiger charge is 2.14. The van der Waals surface area contributed by atoms with Crippen LogP contribution in [-0.4, -0.2) is 12.0 Å². The number of carbonyl (C=O) groups excluding carboxylic acids is 1. The minimum Gasteiger partial charge on any atom is -0.491 e. The molecule has 0 heterocycles. The third-order valence-corrected chi connectivity index (χ3v) is 3.44. The molecule has 128 valence electrons. The largest absolute Gasteiger partial charge is 0.491 e. The number of carbonyl (C=O) groups is 1. The van der Waals surface area contributed by atoms with Crippen LogP contribution in [0.4, 0.5) is 10.1 Å². The molecule has 2 rings (SSSR count). The zero-order valence-electron chi connectivity index (χ0n) is 14.3. The number of hydrogen-bond donors (Lipinski definition) is 1.